The normalized spacial score (nSPS) is 31.3. The van der Waals surface area contributed by atoms with Gasteiger partial charge in [0.15, 0.2) is 0 Å². The third-order valence-corrected chi connectivity index (χ3v) is 9.96. The van der Waals surface area contributed by atoms with E-state index in [1.165, 1.54) is 71.0 Å². The molecular weight excluding hydrogens is 479 g/mol. The van der Waals surface area contributed by atoms with E-state index in [0.717, 1.165) is 41.9 Å². The second-order valence-corrected chi connectivity index (χ2v) is 12.2. The summed E-state index contributed by atoms with van der Waals surface area (Å²) in [4.78, 5) is 25.9. The van der Waals surface area contributed by atoms with Crippen LogP contribution in [0.25, 0.3) is 22.3 Å². The number of piperidine rings is 2. The van der Waals surface area contributed by atoms with Crippen molar-refractivity contribution in [1.29, 1.82) is 0 Å². The van der Waals surface area contributed by atoms with Crippen LogP contribution in [0, 0.1) is 17.7 Å². The van der Waals surface area contributed by atoms with Crippen LogP contribution in [-0.4, -0.2) is 44.7 Å². The Balaban J connectivity index is 1.28. The average Bonchev–Trinajstić information content (AvgIpc) is 2.92. The van der Waals surface area contributed by atoms with Crippen LogP contribution in [-0.2, 0) is 0 Å². The Hall–Kier alpha value is -2.80. The number of halogens is 1. The lowest BCUT2D eigenvalue weighted by molar-refractivity contribution is -0.0485. The SMILES string of the molecule is COc1ncc(F)cc1-c1nc2ccccc2n([C@H]2C[C@H]3CCC[C@@H](C2)N3[C@H]2C[C@@H]3CCC[C@@H](C3)C2)c1=O. The number of rotatable bonds is 4. The summed E-state index contributed by atoms with van der Waals surface area (Å²) in [5.41, 5.74) is 1.93. The number of para-hydroxylation sites is 2. The molecule has 2 saturated carbocycles. The molecule has 4 aliphatic rings. The molecule has 6 nitrogen and oxygen atoms in total. The number of fused-ring (bicyclic) bond motifs is 5. The third kappa shape index (κ3) is 4.14. The van der Waals surface area contributed by atoms with Gasteiger partial charge in [0.2, 0.25) is 5.88 Å². The summed E-state index contributed by atoms with van der Waals surface area (Å²) < 4.78 is 21.7. The Labute approximate surface area is 223 Å². The number of pyridine rings is 1. The average molecular weight is 517 g/mol. The standard InChI is InChI=1S/C31H37FN4O2/c1-38-30-26(15-21(32)18-33-30)29-31(37)36(28-11-3-2-10-27(28)34-29)25-16-22-8-5-9-23(17-25)35(22)24-13-19-6-4-7-20(12-19)14-24/h2-3,10-11,15,18-20,22-25H,4-9,12-14,16-17H2,1H3/t19-,20+,22-,23+,24+,25+. The largest absolute Gasteiger partial charge is 0.481 e. The van der Waals surface area contributed by atoms with Gasteiger partial charge < -0.3 is 9.30 Å². The Bertz CT molecular complexity index is 1380. The molecule has 0 unspecified atom stereocenters. The highest BCUT2D eigenvalue weighted by Crippen LogP contribution is 2.47. The molecule has 0 amide bonds. The number of hydrogen-bond donors (Lipinski definition) is 0. The van der Waals surface area contributed by atoms with Crippen LogP contribution in [0.2, 0.25) is 0 Å². The van der Waals surface area contributed by atoms with Gasteiger partial charge in [-0.15, -0.1) is 0 Å². The Morgan fingerprint density at radius 2 is 1.61 bits per heavy atom. The topological polar surface area (TPSA) is 60.3 Å². The first-order chi connectivity index (χ1) is 18.6. The summed E-state index contributed by atoms with van der Waals surface area (Å²) in [6.45, 7) is 0. The van der Waals surface area contributed by atoms with Crippen molar-refractivity contribution in [3.63, 3.8) is 0 Å². The van der Waals surface area contributed by atoms with Gasteiger partial charge in [-0.2, -0.15) is 0 Å². The zero-order valence-corrected chi connectivity index (χ0v) is 22.2. The fourth-order valence-corrected chi connectivity index (χ4v) is 8.59. The van der Waals surface area contributed by atoms with E-state index in [0.29, 0.717) is 23.7 Å². The zero-order chi connectivity index (χ0) is 25.8. The van der Waals surface area contributed by atoms with E-state index in [1.54, 1.807) is 0 Å². The van der Waals surface area contributed by atoms with Crippen LogP contribution in [0.1, 0.15) is 76.7 Å². The molecule has 2 aliphatic heterocycles. The van der Waals surface area contributed by atoms with Crippen LogP contribution >= 0.6 is 0 Å². The van der Waals surface area contributed by atoms with Gasteiger partial charge in [0.05, 0.1) is 29.9 Å². The van der Waals surface area contributed by atoms with Crippen LogP contribution < -0.4 is 10.3 Å². The third-order valence-electron chi connectivity index (χ3n) is 9.96. The maximum Gasteiger partial charge on any atom is 0.278 e. The first-order valence-electron chi connectivity index (χ1n) is 14.6. The minimum Gasteiger partial charge on any atom is -0.481 e. The Kier molecular flexibility index (Phi) is 6.22. The van der Waals surface area contributed by atoms with Crippen LogP contribution in [0.15, 0.2) is 41.3 Å². The number of ether oxygens (including phenoxy) is 1. The molecule has 200 valence electrons. The van der Waals surface area contributed by atoms with Crippen molar-refractivity contribution < 1.29 is 9.13 Å². The van der Waals surface area contributed by atoms with E-state index < -0.39 is 5.82 Å². The van der Waals surface area contributed by atoms with E-state index in [2.05, 4.69) is 9.88 Å². The predicted octanol–water partition coefficient (Wildman–Crippen LogP) is 6.13. The minimum absolute atomic E-state index is 0.0938. The number of benzene rings is 1. The number of nitrogens with zero attached hydrogens (tertiary/aromatic N) is 4. The van der Waals surface area contributed by atoms with E-state index in [4.69, 9.17) is 9.72 Å². The van der Waals surface area contributed by atoms with Crippen molar-refractivity contribution in [3.8, 4) is 17.1 Å². The van der Waals surface area contributed by atoms with E-state index >= 15 is 0 Å². The van der Waals surface area contributed by atoms with Crippen LogP contribution in [0.4, 0.5) is 4.39 Å². The molecule has 4 bridgehead atoms. The molecule has 2 aromatic heterocycles. The maximum atomic E-state index is 14.3. The van der Waals surface area contributed by atoms with E-state index in [9.17, 15) is 9.18 Å². The second kappa shape index (κ2) is 9.74. The number of methoxy groups -OCH3 is 1. The van der Waals surface area contributed by atoms with Gasteiger partial charge in [0, 0.05) is 24.2 Å². The predicted molar refractivity (Wildman–Crippen MR) is 146 cm³/mol. The summed E-state index contributed by atoms with van der Waals surface area (Å²) in [7, 11) is 1.49. The lowest BCUT2D eigenvalue weighted by atomic mass is 9.68. The van der Waals surface area contributed by atoms with E-state index in [-0.39, 0.29) is 23.2 Å². The summed E-state index contributed by atoms with van der Waals surface area (Å²) >= 11 is 0. The molecule has 4 heterocycles. The molecule has 7 rings (SSSR count). The van der Waals surface area contributed by atoms with Crippen molar-refractivity contribution in [3.05, 3.63) is 52.7 Å². The quantitative estimate of drug-likeness (QED) is 0.417. The highest BCUT2D eigenvalue weighted by Gasteiger charge is 2.45. The molecule has 0 spiro atoms. The molecular formula is C31H37FN4O2. The first kappa shape index (κ1) is 24.3. The van der Waals surface area contributed by atoms with Gasteiger partial charge in [-0.25, -0.2) is 14.4 Å². The monoisotopic (exact) mass is 516 g/mol. The molecule has 4 fully saturated rings. The van der Waals surface area contributed by atoms with Crippen molar-refractivity contribution >= 4 is 11.0 Å². The van der Waals surface area contributed by atoms with Crippen molar-refractivity contribution in [1.82, 2.24) is 19.4 Å². The first-order valence-corrected chi connectivity index (χ1v) is 14.6. The second-order valence-electron chi connectivity index (χ2n) is 12.2. The highest BCUT2D eigenvalue weighted by atomic mass is 19.1. The van der Waals surface area contributed by atoms with Crippen LogP contribution in [0.5, 0.6) is 5.88 Å². The van der Waals surface area contributed by atoms with E-state index in [1.807, 2.05) is 28.8 Å². The van der Waals surface area contributed by atoms with Gasteiger partial charge in [-0.3, -0.25) is 9.69 Å². The number of aromatic nitrogens is 3. The molecule has 7 heteroatoms. The molecule has 38 heavy (non-hydrogen) atoms. The summed E-state index contributed by atoms with van der Waals surface area (Å²) in [5, 5.41) is 0. The Morgan fingerprint density at radius 1 is 0.895 bits per heavy atom. The summed E-state index contributed by atoms with van der Waals surface area (Å²) in [6.07, 6.45) is 15.2. The number of hydrogen-bond acceptors (Lipinski definition) is 5. The Morgan fingerprint density at radius 3 is 2.34 bits per heavy atom. The lowest BCUT2D eigenvalue weighted by Crippen LogP contribution is -2.58. The molecule has 6 atom stereocenters. The molecule has 2 saturated heterocycles. The van der Waals surface area contributed by atoms with Crippen molar-refractivity contribution in [2.45, 2.75) is 94.8 Å². The zero-order valence-electron chi connectivity index (χ0n) is 22.2. The fourth-order valence-electron chi connectivity index (χ4n) is 8.59. The maximum absolute atomic E-state index is 14.3. The molecule has 0 N–H and O–H groups in total. The molecule has 1 aromatic carbocycles. The van der Waals surface area contributed by atoms with Crippen molar-refractivity contribution in [2.24, 2.45) is 11.8 Å². The summed E-state index contributed by atoms with van der Waals surface area (Å²) in [5.74, 6) is 1.53. The van der Waals surface area contributed by atoms with Crippen molar-refractivity contribution in [2.75, 3.05) is 7.11 Å². The minimum atomic E-state index is -0.512. The fraction of sp³-hybridized carbons (Fsp3) is 0.581. The molecule has 3 aromatic rings. The van der Waals surface area contributed by atoms with Gasteiger partial charge >= 0.3 is 0 Å². The lowest BCUT2D eigenvalue weighted by Gasteiger charge is -2.55. The highest BCUT2D eigenvalue weighted by molar-refractivity contribution is 5.78. The van der Waals surface area contributed by atoms with Crippen LogP contribution in [0.3, 0.4) is 0 Å². The van der Waals surface area contributed by atoms with Gasteiger partial charge in [0.25, 0.3) is 5.56 Å². The summed E-state index contributed by atoms with van der Waals surface area (Å²) in [6, 6.07) is 11.0. The smallest absolute Gasteiger partial charge is 0.278 e. The van der Waals surface area contributed by atoms with Gasteiger partial charge in [0.1, 0.15) is 11.5 Å². The van der Waals surface area contributed by atoms with Gasteiger partial charge in [-0.1, -0.05) is 37.8 Å². The molecule has 2 aliphatic carbocycles. The van der Waals surface area contributed by atoms with Gasteiger partial charge in [-0.05, 0) is 75.0 Å². The molecule has 0 radical (unpaired) electrons.